The molecule has 3 rings (SSSR count). The van der Waals surface area contributed by atoms with Crippen molar-refractivity contribution in [2.24, 2.45) is 13.0 Å². The molecule has 1 heterocycles. The van der Waals surface area contributed by atoms with Crippen molar-refractivity contribution in [2.75, 3.05) is 5.32 Å². The van der Waals surface area contributed by atoms with Crippen LogP contribution in [-0.2, 0) is 11.8 Å². The van der Waals surface area contributed by atoms with E-state index in [1.165, 1.54) is 36.4 Å². The molecule has 1 saturated carbocycles. The van der Waals surface area contributed by atoms with Crippen LogP contribution < -0.4 is 10.9 Å². The van der Waals surface area contributed by atoms with Gasteiger partial charge in [0, 0.05) is 30.8 Å². The maximum atomic E-state index is 12.0. The lowest BCUT2D eigenvalue weighted by molar-refractivity contribution is -0.117. The Hall–Kier alpha value is -2.43. The molecule has 1 aliphatic carbocycles. The minimum Gasteiger partial charge on any atom is -0.326 e. The Morgan fingerprint density at radius 1 is 1.17 bits per heavy atom. The first kappa shape index (κ1) is 15.5. The highest BCUT2D eigenvalue weighted by Gasteiger charge is 2.18. The van der Waals surface area contributed by atoms with Gasteiger partial charge in [0.25, 0.3) is 5.56 Å². The van der Waals surface area contributed by atoms with Gasteiger partial charge in [-0.05, 0) is 37.0 Å². The molecule has 0 saturated heterocycles. The second kappa shape index (κ2) is 6.77. The lowest BCUT2D eigenvalue weighted by atomic mass is 10.0. The number of anilines is 1. The quantitative estimate of drug-likeness (QED) is 0.944. The van der Waals surface area contributed by atoms with Gasteiger partial charge < -0.3 is 5.32 Å². The first-order chi connectivity index (χ1) is 11.1. The summed E-state index contributed by atoms with van der Waals surface area (Å²) in [5.74, 6) is 0.633. The number of nitrogens with one attached hydrogen (secondary N) is 1. The largest absolute Gasteiger partial charge is 0.326 e. The highest BCUT2D eigenvalue weighted by atomic mass is 16.1. The van der Waals surface area contributed by atoms with Gasteiger partial charge in [-0.1, -0.05) is 25.0 Å². The lowest BCUT2D eigenvalue weighted by Gasteiger charge is -2.10. The van der Waals surface area contributed by atoms with Gasteiger partial charge in [0.05, 0.1) is 5.69 Å². The van der Waals surface area contributed by atoms with Crippen LogP contribution >= 0.6 is 0 Å². The minimum atomic E-state index is -0.135. The van der Waals surface area contributed by atoms with E-state index in [9.17, 15) is 9.59 Å². The Balaban J connectivity index is 1.65. The van der Waals surface area contributed by atoms with Crippen LogP contribution in [0.1, 0.15) is 32.1 Å². The number of carbonyl (C=O) groups excluding carboxylic acids is 1. The zero-order chi connectivity index (χ0) is 16.2. The van der Waals surface area contributed by atoms with Crippen molar-refractivity contribution in [1.82, 2.24) is 9.78 Å². The van der Waals surface area contributed by atoms with E-state index in [4.69, 9.17) is 0 Å². The first-order valence-corrected chi connectivity index (χ1v) is 8.06. The third-order valence-electron chi connectivity index (χ3n) is 4.37. The molecule has 0 atom stereocenters. The van der Waals surface area contributed by atoms with E-state index in [0.717, 1.165) is 16.9 Å². The highest BCUT2D eigenvalue weighted by molar-refractivity contribution is 5.91. The normalized spacial score (nSPS) is 14.8. The molecule has 120 valence electrons. The second-order valence-electron chi connectivity index (χ2n) is 6.16. The number of carbonyl (C=O) groups is 1. The van der Waals surface area contributed by atoms with Crippen molar-refractivity contribution >= 4 is 11.6 Å². The van der Waals surface area contributed by atoms with E-state index in [0.29, 0.717) is 12.3 Å². The molecule has 0 radical (unpaired) electrons. The minimum absolute atomic E-state index is 0.0879. The summed E-state index contributed by atoms with van der Waals surface area (Å²) in [7, 11) is 1.63. The molecule has 1 fully saturated rings. The van der Waals surface area contributed by atoms with Crippen molar-refractivity contribution in [3.8, 4) is 11.3 Å². The number of hydrogen-bond donors (Lipinski definition) is 1. The summed E-state index contributed by atoms with van der Waals surface area (Å²) >= 11 is 0. The van der Waals surface area contributed by atoms with Crippen molar-refractivity contribution in [1.29, 1.82) is 0 Å². The first-order valence-electron chi connectivity index (χ1n) is 8.06. The van der Waals surface area contributed by atoms with Crippen LogP contribution in [-0.4, -0.2) is 15.7 Å². The molecule has 1 aliphatic rings. The summed E-state index contributed by atoms with van der Waals surface area (Å²) in [6.45, 7) is 0. The van der Waals surface area contributed by atoms with Gasteiger partial charge >= 0.3 is 0 Å². The number of amides is 1. The topological polar surface area (TPSA) is 64.0 Å². The molecular weight excluding hydrogens is 290 g/mol. The lowest BCUT2D eigenvalue weighted by Crippen LogP contribution is -2.18. The third kappa shape index (κ3) is 3.86. The standard InChI is InChI=1S/C18H21N3O2/c1-21-18(23)11-10-16(20-21)14-6-8-15(9-7-14)19-17(22)12-13-4-2-3-5-13/h6-11,13H,2-5,12H2,1H3,(H,19,22). The average molecular weight is 311 g/mol. The molecule has 1 N–H and O–H groups in total. The fourth-order valence-electron chi connectivity index (χ4n) is 3.07. The fourth-order valence-corrected chi connectivity index (χ4v) is 3.07. The van der Waals surface area contributed by atoms with E-state index in [2.05, 4.69) is 10.4 Å². The second-order valence-corrected chi connectivity index (χ2v) is 6.16. The molecule has 1 amide bonds. The van der Waals surface area contributed by atoms with E-state index in [1.807, 2.05) is 24.3 Å². The molecule has 0 bridgehead atoms. The molecular formula is C18H21N3O2. The third-order valence-corrected chi connectivity index (χ3v) is 4.37. The molecule has 5 heteroatoms. The van der Waals surface area contributed by atoms with Crippen molar-refractivity contribution in [3.05, 3.63) is 46.8 Å². The summed E-state index contributed by atoms with van der Waals surface area (Å²) in [6.07, 6.45) is 5.46. The predicted octanol–water partition coefficient (Wildman–Crippen LogP) is 2.97. The Kier molecular flexibility index (Phi) is 4.55. The average Bonchev–Trinajstić information content (AvgIpc) is 3.03. The van der Waals surface area contributed by atoms with Crippen LogP contribution in [0, 0.1) is 5.92 Å². The van der Waals surface area contributed by atoms with Crippen LogP contribution in [0.25, 0.3) is 11.3 Å². The smallest absolute Gasteiger partial charge is 0.266 e. The van der Waals surface area contributed by atoms with Gasteiger partial charge in [-0.15, -0.1) is 0 Å². The molecule has 0 spiro atoms. The Labute approximate surface area is 135 Å². The zero-order valence-corrected chi connectivity index (χ0v) is 13.3. The van der Waals surface area contributed by atoms with Crippen LogP contribution in [0.2, 0.25) is 0 Å². The van der Waals surface area contributed by atoms with E-state index >= 15 is 0 Å². The van der Waals surface area contributed by atoms with Crippen molar-refractivity contribution in [2.45, 2.75) is 32.1 Å². The number of hydrogen-bond acceptors (Lipinski definition) is 3. The van der Waals surface area contributed by atoms with E-state index < -0.39 is 0 Å². The summed E-state index contributed by atoms with van der Waals surface area (Å²) in [6, 6.07) is 10.7. The van der Waals surface area contributed by atoms with Gasteiger partial charge in [0.2, 0.25) is 5.91 Å². The van der Waals surface area contributed by atoms with Crippen molar-refractivity contribution < 1.29 is 4.79 Å². The van der Waals surface area contributed by atoms with Crippen LogP contribution in [0.4, 0.5) is 5.69 Å². The summed E-state index contributed by atoms with van der Waals surface area (Å²) < 4.78 is 1.31. The maximum Gasteiger partial charge on any atom is 0.266 e. The SMILES string of the molecule is Cn1nc(-c2ccc(NC(=O)CC3CCCC3)cc2)ccc1=O. The van der Waals surface area contributed by atoms with Crippen LogP contribution in [0.15, 0.2) is 41.2 Å². The Morgan fingerprint density at radius 2 is 1.87 bits per heavy atom. The molecule has 23 heavy (non-hydrogen) atoms. The molecule has 1 aromatic carbocycles. The zero-order valence-electron chi connectivity index (χ0n) is 13.3. The van der Waals surface area contributed by atoms with Crippen LogP contribution in [0.3, 0.4) is 0 Å². The summed E-state index contributed by atoms with van der Waals surface area (Å²) in [5.41, 5.74) is 2.30. The van der Waals surface area contributed by atoms with Crippen LogP contribution in [0.5, 0.6) is 0 Å². The van der Waals surface area contributed by atoms with E-state index in [-0.39, 0.29) is 11.5 Å². The van der Waals surface area contributed by atoms with Crippen molar-refractivity contribution in [3.63, 3.8) is 0 Å². The monoisotopic (exact) mass is 311 g/mol. The summed E-state index contributed by atoms with van der Waals surface area (Å²) in [4.78, 5) is 23.4. The Bertz CT molecular complexity index is 744. The van der Waals surface area contributed by atoms with Gasteiger partial charge in [-0.3, -0.25) is 9.59 Å². The Morgan fingerprint density at radius 3 is 2.52 bits per heavy atom. The molecule has 1 aromatic heterocycles. The number of nitrogens with zero attached hydrogens (tertiary/aromatic N) is 2. The highest BCUT2D eigenvalue weighted by Crippen LogP contribution is 2.28. The van der Waals surface area contributed by atoms with E-state index in [1.54, 1.807) is 13.1 Å². The summed E-state index contributed by atoms with van der Waals surface area (Å²) in [5, 5.41) is 7.17. The molecule has 5 nitrogen and oxygen atoms in total. The predicted molar refractivity (Wildman–Crippen MR) is 90.1 cm³/mol. The molecule has 2 aromatic rings. The van der Waals surface area contributed by atoms with Gasteiger partial charge in [-0.2, -0.15) is 5.10 Å². The molecule has 0 unspecified atom stereocenters. The number of aryl methyl sites for hydroxylation is 1. The molecule has 0 aliphatic heterocycles. The van der Waals surface area contributed by atoms with Gasteiger partial charge in [0.1, 0.15) is 0 Å². The maximum absolute atomic E-state index is 12.0. The number of rotatable bonds is 4. The fraction of sp³-hybridized carbons (Fsp3) is 0.389. The van der Waals surface area contributed by atoms with Gasteiger partial charge in [0.15, 0.2) is 0 Å². The number of benzene rings is 1. The van der Waals surface area contributed by atoms with Gasteiger partial charge in [-0.25, -0.2) is 4.68 Å². The number of aromatic nitrogens is 2.